The Hall–Kier alpha value is -3.32. The Labute approximate surface area is 201 Å². The summed E-state index contributed by atoms with van der Waals surface area (Å²) in [4.78, 5) is 28.1. The van der Waals surface area contributed by atoms with Gasteiger partial charge in [-0.3, -0.25) is 14.5 Å². The Morgan fingerprint density at radius 2 is 1.74 bits per heavy atom. The standard InChI is InChI=1S/C27H34N2O5/c1-6-15-34-21-11-9-20(10-12-21)24-25(28-22-17-19(4)8-13-23(22)32-5)27(31)29(26(24)30)14-7-16-33-18(2)3/h8-13,17-18,28H,6-7,14-16H2,1-5H3. The Morgan fingerprint density at radius 1 is 1.00 bits per heavy atom. The van der Waals surface area contributed by atoms with Crippen LogP contribution >= 0.6 is 0 Å². The second-order valence-electron chi connectivity index (χ2n) is 8.49. The Bertz CT molecular complexity index is 1040. The molecule has 0 spiro atoms. The van der Waals surface area contributed by atoms with Gasteiger partial charge in [-0.05, 0) is 69.0 Å². The highest BCUT2D eigenvalue weighted by molar-refractivity contribution is 6.36. The second-order valence-corrected chi connectivity index (χ2v) is 8.49. The van der Waals surface area contributed by atoms with Crippen LogP contribution in [0.4, 0.5) is 5.69 Å². The number of anilines is 1. The molecule has 2 aromatic carbocycles. The van der Waals surface area contributed by atoms with Gasteiger partial charge < -0.3 is 19.5 Å². The first-order chi connectivity index (χ1) is 16.3. The van der Waals surface area contributed by atoms with Crippen LogP contribution in [0.3, 0.4) is 0 Å². The monoisotopic (exact) mass is 466 g/mol. The van der Waals surface area contributed by atoms with Crippen LogP contribution in [0.1, 0.15) is 44.7 Å². The normalized spacial score (nSPS) is 13.8. The van der Waals surface area contributed by atoms with Crippen LogP contribution in [0.15, 0.2) is 48.2 Å². The average Bonchev–Trinajstić information content (AvgIpc) is 3.04. The fraction of sp³-hybridized carbons (Fsp3) is 0.407. The molecule has 0 aromatic heterocycles. The van der Waals surface area contributed by atoms with Crippen molar-refractivity contribution in [1.82, 2.24) is 4.90 Å². The molecule has 182 valence electrons. The largest absolute Gasteiger partial charge is 0.495 e. The summed E-state index contributed by atoms with van der Waals surface area (Å²) in [5, 5.41) is 3.20. The molecule has 34 heavy (non-hydrogen) atoms. The lowest BCUT2D eigenvalue weighted by Gasteiger charge is -2.16. The van der Waals surface area contributed by atoms with Gasteiger partial charge >= 0.3 is 0 Å². The van der Waals surface area contributed by atoms with E-state index in [1.165, 1.54) is 4.90 Å². The van der Waals surface area contributed by atoms with Crippen molar-refractivity contribution in [3.8, 4) is 11.5 Å². The van der Waals surface area contributed by atoms with Crippen molar-refractivity contribution in [3.05, 3.63) is 59.3 Å². The summed E-state index contributed by atoms with van der Waals surface area (Å²) in [6.45, 7) is 9.28. The van der Waals surface area contributed by atoms with Gasteiger partial charge in [0.2, 0.25) is 0 Å². The summed E-state index contributed by atoms with van der Waals surface area (Å²) in [7, 11) is 1.57. The van der Waals surface area contributed by atoms with Crippen LogP contribution in [-0.2, 0) is 14.3 Å². The molecule has 2 aromatic rings. The van der Waals surface area contributed by atoms with Crippen molar-refractivity contribution in [2.75, 3.05) is 32.2 Å². The number of rotatable bonds is 12. The highest BCUT2D eigenvalue weighted by Crippen LogP contribution is 2.34. The Kier molecular flexibility index (Phi) is 8.71. The smallest absolute Gasteiger partial charge is 0.278 e. The predicted octanol–water partition coefficient (Wildman–Crippen LogP) is 4.80. The maximum atomic E-state index is 13.4. The summed E-state index contributed by atoms with van der Waals surface area (Å²) < 4.78 is 16.7. The molecule has 0 saturated heterocycles. The van der Waals surface area contributed by atoms with Gasteiger partial charge in [-0.25, -0.2) is 0 Å². The van der Waals surface area contributed by atoms with Gasteiger partial charge in [-0.1, -0.05) is 25.1 Å². The number of ether oxygens (including phenoxy) is 3. The molecule has 0 saturated carbocycles. The molecule has 0 bridgehead atoms. The summed E-state index contributed by atoms with van der Waals surface area (Å²) in [5.41, 5.74) is 2.85. The molecular formula is C27H34N2O5. The molecule has 2 amide bonds. The van der Waals surface area contributed by atoms with E-state index in [4.69, 9.17) is 14.2 Å². The first-order valence-electron chi connectivity index (χ1n) is 11.7. The van der Waals surface area contributed by atoms with E-state index < -0.39 is 0 Å². The molecule has 1 heterocycles. The van der Waals surface area contributed by atoms with Crippen LogP contribution in [0.2, 0.25) is 0 Å². The number of aryl methyl sites for hydroxylation is 1. The van der Waals surface area contributed by atoms with Crippen LogP contribution < -0.4 is 14.8 Å². The molecule has 0 aliphatic carbocycles. The maximum absolute atomic E-state index is 13.4. The summed E-state index contributed by atoms with van der Waals surface area (Å²) in [5.74, 6) is 0.621. The van der Waals surface area contributed by atoms with Gasteiger partial charge in [-0.2, -0.15) is 0 Å². The second kappa shape index (κ2) is 11.7. The molecule has 1 aliphatic heterocycles. The topological polar surface area (TPSA) is 77.1 Å². The van der Waals surface area contributed by atoms with E-state index in [9.17, 15) is 9.59 Å². The third-order valence-electron chi connectivity index (χ3n) is 5.38. The number of nitrogens with zero attached hydrogens (tertiary/aromatic N) is 1. The molecule has 3 rings (SSSR count). The number of methoxy groups -OCH3 is 1. The van der Waals surface area contributed by atoms with E-state index in [1.807, 2.05) is 70.2 Å². The molecule has 1 N–H and O–H groups in total. The summed E-state index contributed by atoms with van der Waals surface area (Å²) >= 11 is 0. The number of benzene rings is 2. The van der Waals surface area contributed by atoms with Crippen LogP contribution in [0, 0.1) is 6.92 Å². The van der Waals surface area contributed by atoms with E-state index in [1.54, 1.807) is 7.11 Å². The van der Waals surface area contributed by atoms with Gasteiger partial charge in [0.25, 0.3) is 11.8 Å². The first kappa shape index (κ1) is 25.3. The van der Waals surface area contributed by atoms with Crippen LogP contribution in [-0.4, -0.2) is 49.7 Å². The minimum Gasteiger partial charge on any atom is -0.495 e. The lowest BCUT2D eigenvalue weighted by Crippen LogP contribution is -2.34. The fourth-order valence-electron chi connectivity index (χ4n) is 3.70. The van der Waals surface area contributed by atoms with Crippen molar-refractivity contribution in [3.63, 3.8) is 0 Å². The summed E-state index contributed by atoms with van der Waals surface area (Å²) in [6, 6.07) is 12.9. The third-order valence-corrected chi connectivity index (χ3v) is 5.38. The molecule has 7 heteroatoms. The molecule has 7 nitrogen and oxygen atoms in total. The van der Waals surface area contributed by atoms with E-state index in [2.05, 4.69) is 5.32 Å². The van der Waals surface area contributed by atoms with Crippen molar-refractivity contribution in [2.45, 2.75) is 46.6 Å². The minimum atomic E-state index is -0.362. The Balaban J connectivity index is 1.94. The van der Waals surface area contributed by atoms with Crippen molar-refractivity contribution in [2.24, 2.45) is 0 Å². The predicted molar refractivity (Wildman–Crippen MR) is 133 cm³/mol. The first-order valence-corrected chi connectivity index (χ1v) is 11.7. The quantitative estimate of drug-likeness (QED) is 0.358. The highest BCUT2D eigenvalue weighted by Gasteiger charge is 2.39. The number of hydrogen-bond donors (Lipinski definition) is 1. The Morgan fingerprint density at radius 3 is 2.38 bits per heavy atom. The number of nitrogens with one attached hydrogen (secondary N) is 1. The van der Waals surface area contributed by atoms with Gasteiger partial charge in [0.15, 0.2) is 0 Å². The lowest BCUT2D eigenvalue weighted by molar-refractivity contribution is -0.137. The number of imide groups is 1. The minimum absolute atomic E-state index is 0.0955. The van der Waals surface area contributed by atoms with Crippen molar-refractivity contribution < 1.29 is 23.8 Å². The molecular weight excluding hydrogens is 432 g/mol. The molecule has 0 atom stereocenters. The van der Waals surface area contributed by atoms with Crippen LogP contribution in [0.5, 0.6) is 11.5 Å². The zero-order valence-corrected chi connectivity index (χ0v) is 20.6. The van der Waals surface area contributed by atoms with E-state index in [0.29, 0.717) is 42.2 Å². The lowest BCUT2D eigenvalue weighted by atomic mass is 10.0. The van der Waals surface area contributed by atoms with E-state index in [-0.39, 0.29) is 30.2 Å². The molecule has 0 fully saturated rings. The number of amides is 2. The highest BCUT2D eigenvalue weighted by atomic mass is 16.5. The van der Waals surface area contributed by atoms with Crippen LogP contribution in [0.25, 0.3) is 5.57 Å². The zero-order valence-electron chi connectivity index (χ0n) is 20.6. The van der Waals surface area contributed by atoms with Crippen molar-refractivity contribution in [1.29, 1.82) is 0 Å². The fourth-order valence-corrected chi connectivity index (χ4v) is 3.70. The number of hydrogen-bond acceptors (Lipinski definition) is 6. The van der Waals surface area contributed by atoms with Gasteiger partial charge in [0.1, 0.15) is 17.2 Å². The molecule has 1 aliphatic rings. The maximum Gasteiger partial charge on any atom is 0.278 e. The van der Waals surface area contributed by atoms with E-state index >= 15 is 0 Å². The number of carbonyl (C=O) groups excluding carboxylic acids is 2. The van der Waals surface area contributed by atoms with Gasteiger partial charge in [-0.15, -0.1) is 0 Å². The van der Waals surface area contributed by atoms with Gasteiger partial charge in [0, 0.05) is 13.2 Å². The molecule has 0 radical (unpaired) electrons. The summed E-state index contributed by atoms with van der Waals surface area (Å²) in [6.07, 6.45) is 1.56. The number of carbonyl (C=O) groups is 2. The third kappa shape index (κ3) is 5.97. The SMILES string of the molecule is CCCOc1ccc(C2=C(Nc3cc(C)ccc3OC)C(=O)N(CCCOC(C)C)C2=O)cc1. The molecule has 0 unspecified atom stereocenters. The van der Waals surface area contributed by atoms with E-state index in [0.717, 1.165) is 17.7 Å². The van der Waals surface area contributed by atoms with Crippen molar-refractivity contribution >= 4 is 23.1 Å². The zero-order chi connectivity index (χ0) is 24.7. The van der Waals surface area contributed by atoms with Gasteiger partial charge in [0.05, 0.1) is 31.1 Å². The average molecular weight is 467 g/mol.